The van der Waals surface area contributed by atoms with Crippen molar-refractivity contribution in [3.05, 3.63) is 215 Å². The zero-order valence-corrected chi connectivity index (χ0v) is 46.5. The van der Waals surface area contributed by atoms with E-state index in [4.69, 9.17) is 37.9 Å². The Hall–Kier alpha value is -8.37. The second-order valence-electron chi connectivity index (χ2n) is 20.3. The number of amides is 5. The van der Waals surface area contributed by atoms with Gasteiger partial charge in [-0.1, -0.05) is 182 Å². The number of nitrogens with one attached hydrogen (secondary N) is 5. The molecule has 0 spiro atoms. The van der Waals surface area contributed by atoms with Crippen LogP contribution in [-0.4, -0.2) is 115 Å². The summed E-state index contributed by atoms with van der Waals surface area (Å²) in [4.78, 5) is 68.0. The summed E-state index contributed by atoms with van der Waals surface area (Å²) < 4.78 is 48.4. The zero-order valence-electron chi connectivity index (χ0n) is 46.5. The van der Waals surface area contributed by atoms with E-state index in [1.165, 1.54) is 0 Å². The molecule has 1 saturated carbocycles. The molecule has 1 aliphatic carbocycles. The summed E-state index contributed by atoms with van der Waals surface area (Å²) in [5.74, 6) is -0.665. The minimum Gasteiger partial charge on any atom is -0.445 e. The third-order valence-electron chi connectivity index (χ3n) is 14.1. The first-order valence-corrected chi connectivity index (χ1v) is 28.2. The van der Waals surface area contributed by atoms with E-state index >= 15 is 0 Å². The second-order valence-corrected chi connectivity index (χ2v) is 20.3. The Kier molecular flexibility index (Phi) is 24.3. The lowest BCUT2D eigenvalue weighted by atomic mass is 9.80. The van der Waals surface area contributed by atoms with Crippen LogP contribution in [0.15, 0.2) is 182 Å². The topological polar surface area (TPSA) is 260 Å². The lowest BCUT2D eigenvalue weighted by molar-refractivity contribution is -0.269. The minimum absolute atomic E-state index is 0.0225. The fourth-order valence-electron chi connectivity index (χ4n) is 9.65. The van der Waals surface area contributed by atoms with Gasteiger partial charge >= 0.3 is 24.4 Å². The van der Waals surface area contributed by atoms with Crippen molar-refractivity contribution in [2.75, 3.05) is 13.1 Å². The molecule has 20 nitrogen and oxygen atoms in total. The van der Waals surface area contributed by atoms with E-state index in [9.17, 15) is 34.2 Å². The molecule has 0 aromatic heterocycles. The minimum atomic E-state index is -1.90. The molecule has 6 aromatic carbocycles. The molecule has 2 aliphatic rings. The van der Waals surface area contributed by atoms with Crippen molar-refractivity contribution in [1.29, 1.82) is 0 Å². The van der Waals surface area contributed by atoms with Gasteiger partial charge in [0.2, 0.25) is 5.91 Å². The smallest absolute Gasteiger partial charge is 0.407 e. The van der Waals surface area contributed by atoms with Gasteiger partial charge in [0, 0.05) is 13.1 Å². The second kappa shape index (κ2) is 33.1. The van der Waals surface area contributed by atoms with E-state index < -0.39 is 91.3 Å². The monoisotopic (exact) mass is 1150 g/mol. The Morgan fingerprint density at radius 1 is 0.464 bits per heavy atom. The Labute approximate surface area is 488 Å². The van der Waals surface area contributed by atoms with E-state index in [1.54, 1.807) is 36.4 Å². The molecule has 5 amide bonds. The van der Waals surface area contributed by atoms with Gasteiger partial charge in [0.05, 0.1) is 37.4 Å². The molecule has 0 radical (unpaired) electrons. The lowest BCUT2D eigenvalue weighted by Gasteiger charge is -2.49. The lowest BCUT2D eigenvalue weighted by Crippen LogP contribution is -2.74. The van der Waals surface area contributed by atoms with Gasteiger partial charge in [0.15, 0.2) is 6.29 Å². The number of aliphatic hydroxyl groups excluding tert-OH is 2. The molecule has 6 aromatic rings. The highest BCUT2D eigenvalue weighted by molar-refractivity contribution is 5.81. The van der Waals surface area contributed by atoms with Crippen LogP contribution in [0, 0.1) is 0 Å². The molecule has 0 bridgehead atoms. The van der Waals surface area contributed by atoms with Crippen molar-refractivity contribution in [3.8, 4) is 0 Å². The van der Waals surface area contributed by atoms with Crippen LogP contribution in [0.2, 0.25) is 0 Å². The summed E-state index contributed by atoms with van der Waals surface area (Å²) in [5.41, 5.74) is 4.52. The van der Waals surface area contributed by atoms with E-state index in [1.807, 2.05) is 146 Å². The standard InChI is InChI=1S/C64H73N5O15/c70-55-53(68-59(72)52(77-38-44-21-7-1-8-22-44)33-19-20-36-65-61(73)79-40-46-25-11-3-12-26-46)57(78-39-45-23-9-2-10-24-45)54(69-64(76)82-43-49-31-17-6-18-32-49)58(56(55)71)84-60-51(67-63(75)81-42-48-29-15-5-16-30-48)35-34-50(83-60)37-66-62(74)80-41-47-27-13-4-14-28-47/h1-18,21-32,50-58,60,70-71H,19-20,33-43H2,(H,65,73)(H,66,74)(H,67,75)(H,68,72)(H,69,76)/t50?,51?,52-,53+,54+,55-,56?,57?,58?,60+/m1/s1. The van der Waals surface area contributed by atoms with Crippen molar-refractivity contribution in [2.24, 2.45) is 0 Å². The first kappa shape index (κ1) is 61.7. The fourth-order valence-corrected chi connectivity index (χ4v) is 9.65. The number of aliphatic hydroxyl groups is 2. The quantitative estimate of drug-likeness (QED) is 0.0191. The van der Waals surface area contributed by atoms with Gasteiger partial charge in [0.1, 0.15) is 56.9 Å². The van der Waals surface area contributed by atoms with Crippen LogP contribution >= 0.6 is 0 Å². The summed E-state index contributed by atoms with van der Waals surface area (Å²) >= 11 is 0. The van der Waals surface area contributed by atoms with E-state index in [0.29, 0.717) is 30.4 Å². The summed E-state index contributed by atoms with van der Waals surface area (Å²) in [5, 5.41) is 39.0. The highest BCUT2D eigenvalue weighted by atomic mass is 16.7. The molecular weight excluding hydrogens is 1080 g/mol. The number of unbranched alkanes of at least 4 members (excludes halogenated alkanes) is 1. The van der Waals surface area contributed by atoms with E-state index in [-0.39, 0.29) is 65.6 Å². The van der Waals surface area contributed by atoms with Crippen LogP contribution in [0.3, 0.4) is 0 Å². The normalized spacial score (nSPS) is 21.3. The van der Waals surface area contributed by atoms with Crippen molar-refractivity contribution >= 4 is 30.3 Å². The Morgan fingerprint density at radius 3 is 1.40 bits per heavy atom. The van der Waals surface area contributed by atoms with Gasteiger partial charge in [-0.3, -0.25) is 4.79 Å². The highest BCUT2D eigenvalue weighted by Gasteiger charge is 2.54. The van der Waals surface area contributed by atoms with Gasteiger partial charge in [-0.25, -0.2) is 19.2 Å². The number of carbonyl (C=O) groups excluding carboxylic acids is 5. The first-order chi connectivity index (χ1) is 41.0. The van der Waals surface area contributed by atoms with Gasteiger partial charge in [-0.05, 0) is 65.5 Å². The van der Waals surface area contributed by atoms with Crippen LogP contribution in [0.25, 0.3) is 0 Å². The molecule has 1 aliphatic heterocycles. The number of benzene rings is 6. The predicted octanol–water partition coefficient (Wildman–Crippen LogP) is 7.88. The number of hydrogen-bond donors (Lipinski definition) is 7. The van der Waals surface area contributed by atoms with Gasteiger partial charge in [-0.15, -0.1) is 0 Å². The predicted molar refractivity (Wildman–Crippen MR) is 307 cm³/mol. The molecule has 5 unspecified atom stereocenters. The summed E-state index contributed by atoms with van der Waals surface area (Å²) in [6.45, 7) is 0.0493. The molecule has 8 rings (SSSR count). The first-order valence-electron chi connectivity index (χ1n) is 28.2. The molecule has 1 heterocycles. The summed E-state index contributed by atoms with van der Waals surface area (Å²) in [6, 6.07) is 51.0. The third kappa shape index (κ3) is 19.9. The third-order valence-corrected chi connectivity index (χ3v) is 14.1. The van der Waals surface area contributed by atoms with Crippen LogP contribution in [-0.2, 0) is 82.3 Å². The summed E-state index contributed by atoms with van der Waals surface area (Å²) in [6.07, 6.45) is -11.6. The van der Waals surface area contributed by atoms with Crippen LogP contribution in [0.4, 0.5) is 19.2 Å². The molecule has 7 N–H and O–H groups in total. The Bertz CT molecular complexity index is 2920. The number of alkyl carbamates (subject to hydrolysis) is 4. The average molecular weight is 1150 g/mol. The molecular formula is C64H73N5O15. The molecule has 20 heteroatoms. The van der Waals surface area contributed by atoms with Crippen LogP contribution < -0.4 is 26.6 Å². The van der Waals surface area contributed by atoms with E-state index in [2.05, 4.69) is 26.6 Å². The number of carbonyl (C=O) groups is 5. The van der Waals surface area contributed by atoms with Crippen LogP contribution in [0.1, 0.15) is 65.5 Å². The SMILES string of the molecule is O=C(NCCCC[C@@H](OCc1ccccc1)C(=O)N[C@@H]1C(OCc2ccccc2)[C@H](NC(=O)OCc2ccccc2)C(O[C@@H]2OC(CNC(=O)OCc3ccccc3)CCC2NC(=O)OCc2ccccc2)C(O)[C@@H]1O)OCc1ccccc1. The summed E-state index contributed by atoms with van der Waals surface area (Å²) in [7, 11) is 0. The van der Waals surface area contributed by atoms with E-state index in [0.717, 1.165) is 22.3 Å². The number of rotatable bonds is 27. The average Bonchev–Trinajstić information content (AvgIpc) is 3.72. The number of ether oxygens (including phenoxy) is 8. The molecule has 1 saturated heterocycles. The maximum atomic E-state index is 14.8. The number of hydrogen-bond acceptors (Lipinski definition) is 15. The van der Waals surface area contributed by atoms with Crippen LogP contribution in [0.5, 0.6) is 0 Å². The maximum Gasteiger partial charge on any atom is 0.407 e. The molecule has 10 atom stereocenters. The highest BCUT2D eigenvalue weighted by Crippen LogP contribution is 2.32. The van der Waals surface area contributed by atoms with Crippen molar-refractivity contribution in [3.63, 3.8) is 0 Å². The zero-order chi connectivity index (χ0) is 58.7. The maximum absolute atomic E-state index is 14.8. The van der Waals surface area contributed by atoms with Crippen molar-refractivity contribution in [1.82, 2.24) is 26.6 Å². The molecule has 2 fully saturated rings. The fraction of sp³-hybridized carbons (Fsp3) is 0.359. The van der Waals surface area contributed by atoms with Crippen molar-refractivity contribution < 1.29 is 72.1 Å². The molecule has 444 valence electrons. The molecule has 84 heavy (non-hydrogen) atoms. The van der Waals surface area contributed by atoms with Gasteiger partial charge in [-0.2, -0.15) is 0 Å². The van der Waals surface area contributed by atoms with Gasteiger partial charge in [0.25, 0.3) is 0 Å². The van der Waals surface area contributed by atoms with Crippen molar-refractivity contribution in [2.45, 2.75) is 133 Å². The largest absolute Gasteiger partial charge is 0.445 e. The van der Waals surface area contributed by atoms with Gasteiger partial charge < -0.3 is 74.7 Å². The Balaban J connectivity index is 1.04. The Morgan fingerprint density at radius 2 is 0.905 bits per heavy atom.